The predicted octanol–water partition coefficient (Wildman–Crippen LogP) is 5.55. The molecule has 1 aliphatic heterocycles. The van der Waals surface area contributed by atoms with Crippen LogP contribution in [0.1, 0.15) is 45.1 Å². The minimum Gasteiger partial charge on any atom is -0.458 e. The Morgan fingerprint density at radius 3 is 2.71 bits per heavy atom. The third-order valence-corrected chi connectivity index (χ3v) is 6.52. The molecule has 1 saturated heterocycles. The Hall–Kier alpha value is -3.16. The maximum Gasteiger partial charge on any atom is 0.411 e. The quantitative estimate of drug-likeness (QED) is 0.527. The highest BCUT2D eigenvalue weighted by molar-refractivity contribution is 6.30. The molecule has 1 unspecified atom stereocenters. The number of ether oxygens (including phenoxy) is 2. The number of nitrogens with zero attached hydrogens (tertiary/aromatic N) is 1. The van der Waals surface area contributed by atoms with Crippen LogP contribution in [0.4, 0.5) is 10.5 Å². The first kappa shape index (κ1) is 24.9. The van der Waals surface area contributed by atoms with E-state index in [0.717, 1.165) is 16.7 Å². The van der Waals surface area contributed by atoms with Gasteiger partial charge in [-0.15, -0.1) is 0 Å². The van der Waals surface area contributed by atoms with Crippen molar-refractivity contribution in [2.24, 2.45) is 5.41 Å². The van der Waals surface area contributed by atoms with Gasteiger partial charge in [0.05, 0.1) is 24.4 Å². The Balaban J connectivity index is 1.60. The Morgan fingerprint density at radius 1 is 1.26 bits per heavy atom. The van der Waals surface area contributed by atoms with Crippen LogP contribution in [0, 0.1) is 5.41 Å². The van der Waals surface area contributed by atoms with Gasteiger partial charge < -0.3 is 14.6 Å². The number of benzene rings is 1. The van der Waals surface area contributed by atoms with Gasteiger partial charge in [0.25, 0.3) is 0 Å². The molecule has 184 valence electrons. The number of carbonyl (C=O) groups is 2. The second kappa shape index (κ2) is 10.6. The van der Waals surface area contributed by atoms with Crippen molar-refractivity contribution < 1.29 is 24.2 Å². The third kappa shape index (κ3) is 6.50. The first-order valence-corrected chi connectivity index (χ1v) is 12.0. The molecule has 2 heterocycles. The summed E-state index contributed by atoms with van der Waals surface area (Å²) in [6.45, 7) is 4.19. The van der Waals surface area contributed by atoms with E-state index in [2.05, 4.69) is 24.1 Å². The first-order valence-electron chi connectivity index (χ1n) is 11.6. The molecule has 2 aliphatic rings. The van der Waals surface area contributed by atoms with Crippen LogP contribution >= 0.6 is 11.6 Å². The van der Waals surface area contributed by atoms with Gasteiger partial charge in [0.15, 0.2) is 0 Å². The molecule has 1 aliphatic carbocycles. The number of pyridine rings is 1. The lowest BCUT2D eigenvalue weighted by atomic mass is 9.69. The largest absolute Gasteiger partial charge is 0.458 e. The lowest BCUT2D eigenvalue weighted by Crippen LogP contribution is -2.34. The van der Waals surface area contributed by atoms with E-state index in [1.165, 1.54) is 0 Å². The molecule has 1 aromatic heterocycles. The molecule has 3 atom stereocenters. The number of carbonyl (C=O) groups excluding carboxylic acids is 2. The molecule has 35 heavy (non-hydrogen) atoms. The maximum absolute atomic E-state index is 12.6. The van der Waals surface area contributed by atoms with E-state index in [4.69, 9.17) is 21.1 Å². The number of halogens is 1. The van der Waals surface area contributed by atoms with Gasteiger partial charge in [-0.25, -0.2) is 4.79 Å². The molecule has 8 heteroatoms. The molecule has 0 bridgehead atoms. The molecule has 4 rings (SSSR count). The molecule has 0 radical (unpaired) electrons. The van der Waals surface area contributed by atoms with E-state index >= 15 is 0 Å². The summed E-state index contributed by atoms with van der Waals surface area (Å²) in [4.78, 5) is 28.3. The van der Waals surface area contributed by atoms with Crippen LogP contribution in [0.5, 0.6) is 0 Å². The fourth-order valence-electron chi connectivity index (χ4n) is 4.70. The summed E-state index contributed by atoms with van der Waals surface area (Å²) in [6.07, 6.45) is 6.45. The smallest absolute Gasteiger partial charge is 0.411 e. The van der Waals surface area contributed by atoms with Gasteiger partial charge in [-0.2, -0.15) is 0 Å². The molecule has 1 fully saturated rings. The van der Waals surface area contributed by atoms with Crippen molar-refractivity contribution in [2.45, 2.75) is 57.8 Å². The third-order valence-electron chi connectivity index (χ3n) is 6.27. The molecule has 2 N–H and O–H groups in total. The number of aliphatic hydroxyl groups is 1. The number of allylic oxidation sites excluding steroid dienone is 2. The van der Waals surface area contributed by atoms with Crippen molar-refractivity contribution in [1.82, 2.24) is 4.98 Å². The Bertz CT molecular complexity index is 1130. The van der Waals surface area contributed by atoms with Gasteiger partial charge in [-0.1, -0.05) is 43.7 Å². The summed E-state index contributed by atoms with van der Waals surface area (Å²) < 4.78 is 11.2. The van der Waals surface area contributed by atoms with Crippen LogP contribution in [0.2, 0.25) is 5.02 Å². The van der Waals surface area contributed by atoms with Crippen molar-refractivity contribution in [3.8, 4) is 0 Å². The summed E-state index contributed by atoms with van der Waals surface area (Å²) in [7, 11) is 0. The molecule has 0 spiro atoms. The van der Waals surface area contributed by atoms with Gasteiger partial charge in [-0.3, -0.25) is 15.1 Å². The van der Waals surface area contributed by atoms with Crippen LogP contribution < -0.4 is 5.32 Å². The second-order valence-electron chi connectivity index (χ2n) is 9.57. The van der Waals surface area contributed by atoms with Gasteiger partial charge in [0.1, 0.15) is 12.2 Å². The zero-order valence-electron chi connectivity index (χ0n) is 19.7. The van der Waals surface area contributed by atoms with Crippen LogP contribution in [-0.2, 0) is 14.3 Å². The number of esters is 1. The van der Waals surface area contributed by atoms with Crippen LogP contribution in [0.3, 0.4) is 0 Å². The normalized spacial score (nSPS) is 24.2. The van der Waals surface area contributed by atoms with Gasteiger partial charge in [-0.05, 0) is 58.9 Å². The second-order valence-corrected chi connectivity index (χ2v) is 10.0. The molecular formula is C27H29ClN2O5. The van der Waals surface area contributed by atoms with Crippen LogP contribution in [0.15, 0.2) is 66.5 Å². The van der Waals surface area contributed by atoms with E-state index in [-0.39, 0.29) is 17.9 Å². The molecule has 1 amide bonds. The average Bonchev–Trinajstić information content (AvgIpc) is 2.78. The Morgan fingerprint density at radius 2 is 2.03 bits per heavy atom. The number of nitrogens with one attached hydrogen (secondary N) is 1. The summed E-state index contributed by atoms with van der Waals surface area (Å²) in [5, 5.41) is 13.3. The average molecular weight is 497 g/mol. The van der Waals surface area contributed by atoms with Gasteiger partial charge >= 0.3 is 12.1 Å². The SMILES string of the molecule is CC1(C)CC(OC(=O)Nc2cccnc2)CC(c2ccc(Cl)cc2)=C1C=C[C@H]1C[C@H](O)CC(=O)O1. The van der Waals surface area contributed by atoms with E-state index in [0.29, 0.717) is 30.0 Å². The highest BCUT2D eigenvalue weighted by Gasteiger charge is 2.36. The lowest BCUT2D eigenvalue weighted by molar-refractivity contribution is -0.156. The molecule has 0 saturated carbocycles. The van der Waals surface area contributed by atoms with Crippen molar-refractivity contribution in [3.63, 3.8) is 0 Å². The van der Waals surface area contributed by atoms with Crippen LogP contribution in [0.25, 0.3) is 5.57 Å². The minimum atomic E-state index is -0.703. The number of rotatable bonds is 5. The van der Waals surface area contributed by atoms with Gasteiger partial charge in [0, 0.05) is 24.1 Å². The highest BCUT2D eigenvalue weighted by atomic mass is 35.5. The van der Waals surface area contributed by atoms with E-state index in [1.54, 1.807) is 24.5 Å². The van der Waals surface area contributed by atoms with Crippen LogP contribution in [-0.4, -0.2) is 40.5 Å². The maximum atomic E-state index is 12.6. The predicted molar refractivity (Wildman–Crippen MR) is 134 cm³/mol. The zero-order valence-corrected chi connectivity index (χ0v) is 20.5. The summed E-state index contributed by atoms with van der Waals surface area (Å²) in [6, 6.07) is 11.0. The number of aliphatic hydroxyl groups excluding tert-OH is 1. The Labute approximate surface area is 209 Å². The van der Waals surface area contributed by atoms with Crippen molar-refractivity contribution in [2.75, 3.05) is 5.32 Å². The summed E-state index contributed by atoms with van der Waals surface area (Å²) in [5.41, 5.74) is 3.28. The standard InChI is InChI=1S/C27H29ClN2O5/c1-27(2)15-22(35-26(33)30-19-4-3-11-29-16-19)14-23(17-5-7-18(28)8-6-17)24(27)10-9-21-12-20(31)13-25(32)34-21/h3-11,16,20-22,31H,12-15H2,1-2H3,(H,30,33)/t20-,21-,22?/m0/s1. The number of hydrogen-bond donors (Lipinski definition) is 2. The van der Waals surface area contributed by atoms with Crippen molar-refractivity contribution >= 4 is 34.9 Å². The van der Waals surface area contributed by atoms with Crippen molar-refractivity contribution in [1.29, 1.82) is 0 Å². The zero-order chi connectivity index (χ0) is 25.0. The number of aromatic nitrogens is 1. The van der Waals surface area contributed by atoms with E-state index in [9.17, 15) is 14.7 Å². The van der Waals surface area contributed by atoms with E-state index < -0.39 is 24.3 Å². The molecule has 7 nitrogen and oxygen atoms in total. The van der Waals surface area contributed by atoms with E-state index in [1.807, 2.05) is 36.4 Å². The minimum absolute atomic E-state index is 0.0225. The fraction of sp³-hybridized carbons (Fsp3) is 0.370. The topological polar surface area (TPSA) is 97.8 Å². The number of amides is 1. The fourth-order valence-corrected chi connectivity index (χ4v) is 4.82. The number of hydrogen-bond acceptors (Lipinski definition) is 6. The molecular weight excluding hydrogens is 468 g/mol. The number of cyclic esters (lactones) is 1. The molecule has 2 aromatic rings. The number of anilines is 1. The first-order chi connectivity index (χ1) is 16.7. The molecule has 1 aromatic carbocycles. The van der Waals surface area contributed by atoms with Crippen molar-refractivity contribution in [3.05, 3.63) is 77.1 Å². The highest BCUT2D eigenvalue weighted by Crippen LogP contribution is 2.46. The Kier molecular flexibility index (Phi) is 7.57. The monoisotopic (exact) mass is 496 g/mol. The summed E-state index contributed by atoms with van der Waals surface area (Å²) >= 11 is 6.12. The lowest BCUT2D eigenvalue weighted by Gasteiger charge is -2.38. The van der Waals surface area contributed by atoms with Gasteiger partial charge in [0.2, 0.25) is 0 Å². The summed E-state index contributed by atoms with van der Waals surface area (Å²) in [5.74, 6) is -0.402.